The van der Waals surface area contributed by atoms with Crippen molar-refractivity contribution in [2.75, 3.05) is 13.1 Å². The summed E-state index contributed by atoms with van der Waals surface area (Å²) in [4.78, 5) is 2.47. The zero-order valence-electron chi connectivity index (χ0n) is 11.8. The van der Waals surface area contributed by atoms with Crippen LogP contribution in [0.15, 0.2) is 0 Å². The van der Waals surface area contributed by atoms with Crippen LogP contribution in [0.5, 0.6) is 0 Å². The van der Waals surface area contributed by atoms with Gasteiger partial charge in [-0.2, -0.15) is 0 Å². The molecule has 0 radical (unpaired) electrons. The molecular formula is C14H29NO. The smallest absolute Gasteiger partial charge is 0.0715 e. The number of nitrogens with zero attached hydrogens (tertiary/aromatic N) is 1. The van der Waals surface area contributed by atoms with Crippen LogP contribution in [0.3, 0.4) is 0 Å². The number of likely N-dealkylation sites (tertiary alicyclic amines) is 1. The Morgan fingerprint density at radius 1 is 1.25 bits per heavy atom. The summed E-state index contributed by atoms with van der Waals surface area (Å²) < 4.78 is 0. The van der Waals surface area contributed by atoms with Gasteiger partial charge in [-0.1, -0.05) is 34.6 Å². The Balaban J connectivity index is 2.58. The Morgan fingerprint density at radius 2 is 1.81 bits per heavy atom. The van der Waals surface area contributed by atoms with Crippen molar-refractivity contribution >= 4 is 0 Å². The van der Waals surface area contributed by atoms with Gasteiger partial charge in [0, 0.05) is 19.1 Å². The number of β-amino-alcohol motifs (C(OH)–C–C–N with tert-alkyl or cyclic N) is 1. The molecule has 1 saturated heterocycles. The van der Waals surface area contributed by atoms with Crippen molar-refractivity contribution in [2.45, 2.75) is 60.1 Å². The average Bonchev–Trinajstić information content (AvgIpc) is 2.11. The lowest BCUT2D eigenvalue weighted by atomic mass is 9.83. The summed E-state index contributed by atoms with van der Waals surface area (Å²) >= 11 is 0. The molecule has 1 aliphatic heterocycles. The van der Waals surface area contributed by atoms with E-state index in [9.17, 15) is 5.11 Å². The van der Waals surface area contributed by atoms with Gasteiger partial charge < -0.3 is 5.11 Å². The van der Waals surface area contributed by atoms with Gasteiger partial charge >= 0.3 is 0 Å². The Hall–Kier alpha value is -0.0800. The number of hydrogen-bond donors (Lipinski definition) is 1. The van der Waals surface area contributed by atoms with Gasteiger partial charge in [-0.05, 0) is 30.6 Å². The van der Waals surface area contributed by atoms with E-state index in [1.54, 1.807) is 0 Å². The maximum atomic E-state index is 10.2. The Morgan fingerprint density at radius 3 is 2.31 bits per heavy atom. The summed E-state index contributed by atoms with van der Waals surface area (Å²) in [5, 5.41) is 10.2. The minimum Gasteiger partial charge on any atom is -0.391 e. The van der Waals surface area contributed by atoms with Gasteiger partial charge in [-0.15, -0.1) is 0 Å². The van der Waals surface area contributed by atoms with Crippen LogP contribution in [-0.2, 0) is 0 Å². The highest BCUT2D eigenvalue weighted by Gasteiger charge is 2.32. The SMILES string of the molecule is CC1CC(C)C(C)N(CC(O)C(C)(C)C)C1. The highest BCUT2D eigenvalue weighted by atomic mass is 16.3. The van der Waals surface area contributed by atoms with Crippen LogP contribution in [0.1, 0.15) is 48.0 Å². The van der Waals surface area contributed by atoms with Crippen LogP contribution in [-0.4, -0.2) is 35.2 Å². The molecule has 0 aromatic carbocycles. The van der Waals surface area contributed by atoms with E-state index < -0.39 is 0 Å². The molecule has 2 nitrogen and oxygen atoms in total. The molecular weight excluding hydrogens is 198 g/mol. The minimum absolute atomic E-state index is 0.0103. The number of aliphatic hydroxyl groups is 1. The minimum atomic E-state index is -0.229. The van der Waals surface area contributed by atoms with Crippen LogP contribution >= 0.6 is 0 Å². The number of aliphatic hydroxyl groups excluding tert-OH is 1. The Labute approximate surface area is 101 Å². The van der Waals surface area contributed by atoms with Crippen molar-refractivity contribution in [2.24, 2.45) is 17.3 Å². The maximum absolute atomic E-state index is 10.2. The molecule has 1 N–H and O–H groups in total. The van der Waals surface area contributed by atoms with E-state index in [2.05, 4.69) is 46.4 Å². The largest absolute Gasteiger partial charge is 0.391 e. The Kier molecular flexibility index (Phi) is 4.42. The van der Waals surface area contributed by atoms with E-state index in [4.69, 9.17) is 0 Å². The van der Waals surface area contributed by atoms with E-state index in [-0.39, 0.29) is 11.5 Å². The summed E-state index contributed by atoms with van der Waals surface area (Å²) in [5.74, 6) is 1.51. The van der Waals surface area contributed by atoms with E-state index >= 15 is 0 Å². The standard InChI is InChI=1S/C14H29NO/c1-10-7-11(2)12(3)15(8-10)9-13(16)14(4,5)6/h10-13,16H,7-9H2,1-6H3. The molecule has 1 rings (SSSR count). The van der Waals surface area contributed by atoms with Crippen LogP contribution in [0.25, 0.3) is 0 Å². The lowest BCUT2D eigenvalue weighted by Crippen LogP contribution is -2.50. The number of hydrogen-bond acceptors (Lipinski definition) is 2. The van der Waals surface area contributed by atoms with E-state index in [0.717, 1.165) is 24.9 Å². The van der Waals surface area contributed by atoms with Crippen LogP contribution in [0.2, 0.25) is 0 Å². The summed E-state index contributed by atoms with van der Waals surface area (Å²) in [6, 6.07) is 0.605. The predicted octanol–water partition coefficient (Wildman–Crippen LogP) is 2.76. The molecule has 16 heavy (non-hydrogen) atoms. The first kappa shape index (κ1) is 14.0. The first-order valence-electron chi connectivity index (χ1n) is 6.64. The van der Waals surface area contributed by atoms with Gasteiger partial charge in [0.1, 0.15) is 0 Å². The van der Waals surface area contributed by atoms with Crippen molar-refractivity contribution in [1.82, 2.24) is 4.90 Å². The molecule has 0 amide bonds. The molecule has 1 fully saturated rings. The van der Waals surface area contributed by atoms with E-state index in [1.165, 1.54) is 6.42 Å². The third-order valence-corrected chi connectivity index (χ3v) is 4.13. The van der Waals surface area contributed by atoms with Gasteiger partial charge in [-0.3, -0.25) is 4.90 Å². The summed E-state index contributed by atoms with van der Waals surface area (Å²) in [7, 11) is 0. The lowest BCUT2D eigenvalue weighted by Gasteiger charge is -2.43. The summed E-state index contributed by atoms with van der Waals surface area (Å²) in [5.41, 5.74) is -0.0103. The molecule has 1 heterocycles. The Bertz CT molecular complexity index is 221. The number of piperidine rings is 1. The monoisotopic (exact) mass is 227 g/mol. The predicted molar refractivity (Wildman–Crippen MR) is 69.4 cm³/mol. The topological polar surface area (TPSA) is 23.5 Å². The van der Waals surface area contributed by atoms with Crippen LogP contribution < -0.4 is 0 Å². The van der Waals surface area contributed by atoms with Gasteiger partial charge in [-0.25, -0.2) is 0 Å². The van der Waals surface area contributed by atoms with Gasteiger partial charge in [0.25, 0.3) is 0 Å². The molecule has 0 aromatic heterocycles. The second kappa shape index (κ2) is 5.05. The van der Waals surface area contributed by atoms with Crippen molar-refractivity contribution in [3.05, 3.63) is 0 Å². The van der Waals surface area contributed by atoms with Crippen molar-refractivity contribution in [3.63, 3.8) is 0 Å². The molecule has 96 valence electrons. The van der Waals surface area contributed by atoms with Gasteiger partial charge in [0.05, 0.1) is 6.10 Å². The normalized spacial score (nSPS) is 35.1. The number of rotatable bonds is 2. The molecule has 0 aromatic rings. The third kappa shape index (κ3) is 3.46. The molecule has 4 atom stereocenters. The highest BCUT2D eigenvalue weighted by molar-refractivity contribution is 4.85. The fraction of sp³-hybridized carbons (Fsp3) is 1.00. The van der Waals surface area contributed by atoms with E-state index in [1.807, 2.05) is 0 Å². The quantitative estimate of drug-likeness (QED) is 0.784. The first-order valence-corrected chi connectivity index (χ1v) is 6.64. The molecule has 2 heteroatoms. The zero-order chi connectivity index (χ0) is 12.5. The first-order chi connectivity index (χ1) is 7.21. The lowest BCUT2D eigenvalue weighted by molar-refractivity contribution is -0.0112. The zero-order valence-corrected chi connectivity index (χ0v) is 11.8. The maximum Gasteiger partial charge on any atom is 0.0715 e. The summed E-state index contributed by atoms with van der Waals surface area (Å²) in [6.45, 7) is 15.2. The average molecular weight is 227 g/mol. The molecule has 0 bridgehead atoms. The van der Waals surface area contributed by atoms with Crippen molar-refractivity contribution in [3.8, 4) is 0 Å². The van der Waals surface area contributed by atoms with Gasteiger partial charge in [0.2, 0.25) is 0 Å². The molecule has 0 spiro atoms. The molecule has 0 aliphatic carbocycles. The molecule has 0 saturated carbocycles. The third-order valence-electron chi connectivity index (χ3n) is 4.13. The van der Waals surface area contributed by atoms with E-state index in [0.29, 0.717) is 6.04 Å². The summed E-state index contributed by atoms with van der Waals surface area (Å²) in [6.07, 6.45) is 1.09. The fourth-order valence-electron chi connectivity index (χ4n) is 2.57. The van der Waals surface area contributed by atoms with Crippen LogP contribution in [0.4, 0.5) is 0 Å². The molecule has 1 aliphatic rings. The van der Waals surface area contributed by atoms with Gasteiger partial charge in [0.15, 0.2) is 0 Å². The van der Waals surface area contributed by atoms with Crippen LogP contribution in [0, 0.1) is 17.3 Å². The fourth-order valence-corrected chi connectivity index (χ4v) is 2.57. The highest BCUT2D eigenvalue weighted by Crippen LogP contribution is 2.29. The van der Waals surface area contributed by atoms with Crippen molar-refractivity contribution < 1.29 is 5.11 Å². The van der Waals surface area contributed by atoms with Crippen molar-refractivity contribution in [1.29, 1.82) is 0 Å². The second-order valence-corrected chi connectivity index (χ2v) is 6.89. The molecule has 4 unspecified atom stereocenters. The second-order valence-electron chi connectivity index (χ2n) is 6.89.